The molecule has 2 N–H and O–H groups in total. The van der Waals surface area contributed by atoms with E-state index in [2.05, 4.69) is 34.2 Å². The highest BCUT2D eigenvalue weighted by atomic mass is 32.1. The van der Waals surface area contributed by atoms with E-state index < -0.39 is 0 Å². The molecule has 0 atom stereocenters. The van der Waals surface area contributed by atoms with E-state index in [0.717, 1.165) is 24.5 Å². The molecule has 4 heteroatoms. The average Bonchev–Trinajstić information content (AvgIpc) is 3.12. The molecule has 0 unspecified atom stereocenters. The molecule has 0 radical (unpaired) electrons. The lowest BCUT2D eigenvalue weighted by Crippen LogP contribution is -2.06. The number of imidazole rings is 1. The number of hydrogen-bond acceptors (Lipinski definition) is 3. The standard InChI is InChI=1S/C15H15N3S/c16-8-14-17-15(12-5-3-7-18(12)14)11-9-19-13-6-2-1-4-10(11)13/h1-2,4,6,9H,3,5,7-8,16H2. The van der Waals surface area contributed by atoms with Crippen LogP contribution >= 0.6 is 11.3 Å². The van der Waals surface area contributed by atoms with Crippen LogP contribution in [0, 0.1) is 0 Å². The van der Waals surface area contributed by atoms with Crippen LogP contribution in [-0.2, 0) is 19.5 Å². The van der Waals surface area contributed by atoms with Gasteiger partial charge in [-0.1, -0.05) is 18.2 Å². The maximum absolute atomic E-state index is 5.82. The van der Waals surface area contributed by atoms with E-state index in [1.165, 1.54) is 27.8 Å². The van der Waals surface area contributed by atoms with Gasteiger partial charge in [0.15, 0.2) is 0 Å². The lowest BCUT2D eigenvalue weighted by molar-refractivity contribution is 0.689. The highest BCUT2D eigenvalue weighted by Gasteiger charge is 2.23. The second-order valence-corrected chi connectivity index (χ2v) is 5.84. The first-order valence-electron chi connectivity index (χ1n) is 6.63. The molecule has 3 nitrogen and oxygen atoms in total. The van der Waals surface area contributed by atoms with Crippen LogP contribution in [0.4, 0.5) is 0 Å². The molecule has 1 aromatic carbocycles. The summed E-state index contributed by atoms with van der Waals surface area (Å²) in [6.07, 6.45) is 2.33. The molecule has 96 valence electrons. The van der Waals surface area contributed by atoms with E-state index in [9.17, 15) is 0 Å². The van der Waals surface area contributed by atoms with Gasteiger partial charge < -0.3 is 10.3 Å². The predicted octanol–water partition coefficient (Wildman–Crippen LogP) is 3.17. The minimum atomic E-state index is 0.523. The zero-order valence-corrected chi connectivity index (χ0v) is 11.4. The molecular weight excluding hydrogens is 254 g/mol. The summed E-state index contributed by atoms with van der Waals surface area (Å²) < 4.78 is 3.63. The van der Waals surface area contributed by atoms with Crippen molar-refractivity contribution in [3.8, 4) is 11.3 Å². The first-order valence-corrected chi connectivity index (χ1v) is 7.51. The first kappa shape index (κ1) is 11.2. The Morgan fingerprint density at radius 2 is 2.21 bits per heavy atom. The lowest BCUT2D eigenvalue weighted by atomic mass is 10.1. The Bertz CT molecular complexity index is 754. The molecule has 0 spiro atoms. The topological polar surface area (TPSA) is 43.8 Å². The Kier molecular flexibility index (Phi) is 2.47. The SMILES string of the molecule is NCc1nc(-c2csc3ccccc23)c2n1CCC2. The second-order valence-electron chi connectivity index (χ2n) is 4.93. The highest BCUT2D eigenvalue weighted by molar-refractivity contribution is 7.17. The smallest absolute Gasteiger partial charge is 0.123 e. The van der Waals surface area contributed by atoms with Crippen LogP contribution < -0.4 is 5.73 Å². The number of nitrogens with two attached hydrogens (primary N) is 1. The molecule has 0 bridgehead atoms. The van der Waals surface area contributed by atoms with Gasteiger partial charge in [-0.15, -0.1) is 11.3 Å². The Balaban J connectivity index is 1.98. The van der Waals surface area contributed by atoms with E-state index in [1.54, 1.807) is 11.3 Å². The quantitative estimate of drug-likeness (QED) is 0.776. The van der Waals surface area contributed by atoms with Crippen molar-refractivity contribution in [3.63, 3.8) is 0 Å². The Labute approximate surface area is 115 Å². The molecule has 3 aromatic rings. The number of aromatic nitrogens is 2. The predicted molar refractivity (Wildman–Crippen MR) is 79.3 cm³/mol. The Morgan fingerprint density at radius 3 is 3.11 bits per heavy atom. The fraction of sp³-hybridized carbons (Fsp3) is 0.267. The van der Waals surface area contributed by atoms with Crippen molar-refractivity contribution in [1.29, 1.82) is 0 Å². The van der Waals surface area contributed by atoms with Gasteiger partial charge in [0.1, 0.15) is 5.82 Å². The van der Waals surface area contributed by atoms with Crippen molar-refractivity contribution in [1.82, 2.24) is 9.55 Å². The normalized spacial score (nSPS) is 14.2. The number of fused-ring (bicyclic) bond motifs is 2. The molecule has 4 rings (SSSR count). The minimum absolute atomic E-state index is 0.523. The van der Waals surface area contributed by atoms with Gasteiger partial charge in [-0.05, 0) is 18.9 Å². The van der Waals surface area contributed by atoms with Crippen molar-refractivity contribution >= 4 is 21.4 Å². The van der Waals surface area contributed by atoms with Crippen LogP contribution in [0.25, 0.3) is 21.3 Å². The van der Waals surface area contributed by atoms with Crippen LogP contribution in [0.15, 0.2) is 29.6 Å². The van der Waals surface area contributed by atoms with E-state index in [4.69, 9.17) is 10.7 Å². The van der Waals surface area contributed by atoms with Gasteiger partial charge >= 0.3 is 0 Å². The van der Waals surface area contributed by atoms with Gasteiger partial charge in [0.05, 0.1) is 12.2 Å². The maximum Gasteiger partial charge on any atom is 0.123 e. The zero-order chi connectivity index (χ0) is 12.8. The Hall–Kier alpha value is -1.65. The molecule has 2 aromatic heterocycles. The molecule has 0 fully saturated rings. The zero-order valence-electron chi connectivity index (χ0n) is 10.6. The third kappa shape index (κ3) is 1.57. The van der Waals surface area contributed by atoms with E-state index in [0.29, 0.717) is 6.54 Å². The van der Waals surface area contributed by atoms with E-state index in [-0.39, 0.29) is 0 Å². The number of nitrogens with zero attached hydrogens (tertiary/aromatic N) is 2. The third-order valence-electron chi connectivity index (χ3n) is 3.87. The molecule has 0 amide bonds. The number of rotatable bonds is 2. The molecule has 0 saturated carbocycles. The summed E-state index contributed by atoms with van der Waals surface area (Å²) in [5, 5.41) is 3.54. The average molecular weight is 269 g/mol. The lowest BCUT2D eigenvalue weighted by Gasteiger charge is -1.99. The summed E-state index contributed by atoms with van der Waals surface area (Å²) in [5.41, 5.74) is 9.60. The molecule has 0 aliphatic carbocycles. The summed E-state index contributed by atoms with van der Waals surface area (Å²) in [6, 6.07) is 8.54. The summed E-state index contributed by atoms with van der Waals surface area (Å²) >= 11 is 1.79. The van der Waals surface area contributed by atoms with E-state index >= 15 is 0 Å². The molecular formula is C15H15N3S. The van der Waals surface area contributed by atoms with Gasteiger partial charge in [-0.2, -0.15) is 0 Å². The summed E-state index contributed by atoms with van der Waals surface area (Å²) in [5.74, 6) is 1.03. The Morgan fingerprint density at radius 1 is 1.32 bits per heavy atom. The maximum atomic E-state index is 5.82. The number of thiophene rings is 1. The molecule has 3 heterocycles. The van der Waals surface area contributed by atoms with Crippen molar-refractivity contribution in [2.24, 2.45) is 5.73 Å². The fourth-order valence-corrected chi connectivity index (χ4v) is 3.94. The highest BCUT2D eigenvalue weighted by Crippen LogP contribution is 2.37. The van der Waals surface area contributed by atoms with Crippen LogP contribution in [0.2, 0.25) is 0 Å². The minimum Gasteiger partial charge on any atom is -0.330 e. The van der Waals surface area contributed by atoms with Gasteiger partial charge in [0, 0.05) is 33.3 Å². The molecule has 1 aliphatic heterocycles. The van der Waals surface area contributed by atoms with Gasteiger partial charge in [0.25, 0.3) is 0 Å². The van der Waals surface area contributed by atoms with Crippen molar-refractivity contribution < 1.29 is 0 Å². The summed E-state index contributed by atoms with van der Waals surface area (Å²) in [7, 11) is 0. The molecule has 1 aliphatic rings. The monoisotopic (exact) mass is 269 g/mol. The molecule has 19 heavy (non-hydrogen) atoms. The number of benzene rings is 1. The second kappa shape index (κ2) is 4.18. The largest absolute Gasteiger partial charge is 0.330 e. The third-order valence-corrected chi connectivity index (χ3v) is 4.83. The summed E-state index contributed by atoms with van der Waals surface area (Å²) in [4.78, 5) is 4.79. The van der Waals surface area contributed by atoms with Gasteiger partial charge in [-0.25, -0.2) is 4.98 Å². The molecule has 0 saturated heterocycles. The van der Waals surface area contributed by atoms with Gasteiger partial charge in [0.2, 0.25) is 0 Å². The number of hydrogen-bond donors (Lipinski definition) is 1. The van der Waals surface area contributed by atoms with Crippen molar-refractivity contribution in [2.45, 2.75) is 25.9 Å². The van der Waals surface area contributed by atoms with Crippen LogP contribution in [0.1, 0.15) is 17.9 Å². The first-order chi connectivity index (χ1) is 9.38. The fourth-order valence-electron chi connectivity index (χ4n) is 2.99. The van der Waals surface area contributed by atoms with Crippen LogP contribution in [0.5, 0.6) is 0 Å². The van der Waals surface area contributed by atoms with E-state index in [1.807, 2.05) is 0 Å². The van der Waals surface area contributed by atoms with Crippen molar-refractivity contribution in [2.75, 3.05) is 0 Å². The van der Waals surface area contributed by atoms with Gasteiger partial charge in [-0.3, -0.25) is 0 Å². The van der Waals surface area contributed by atoms with Crippen LogP contribution in [0.3, 0.4) is 0 Å². The van der Waals surface area contributed by atoms with Crippen molar-refractivity contribution in [3.05, 3.63) is 41.2 Å². The van der Waals surface area contributed by atoms with Crippen LogP contribution in [-0.4, -0.2) is 9.55 Å². The summed E-state index contributed by atoms with van der Waals surface area (Å²) in [6.45, 7) is 1.59.